The Balaban J connectivity index is 1.53. The van der Waals surface area contributed by atoms with Crippen molar-refractivity contribution in [3.8, 4) is 11.1 Å². The van der Waals surface area contributed by atoms with E-state index in [1.54, 1.807) is 11.1 Å². The number of carbonyl (C=O) groups excluding carboxylic acids is 1. The van der Waals surface area contributed by atoms with Crippen molar-refractivity contribution < 1.29 is 14.7 Å². The lowest BCUT2D eigenvalue weighted by atomic mass is 9.81. The van der Waals surface area contributed by atoms with Gasteiger partial charge in [-0.2, -0.15) is 0 Å². The number of pyridine rings is 1. The van der Waals surface area contributed by atoms with Crippen LogP contribution in [0.4, 0.5) is 10.5 Å². The number of benzene rings is 1. The Bertz CT molecular complexity index is 883. The molecule has 27 heavy (non-hydrogen) atoms. The smallest absolute Gasteiger partial charge is 0.321 e. The molecule has 140 valence electrons. The van der Waals surface area contributed by atoms with E-state index in [0.29, 0.717) is 18.7 Å². The highest BCUT2D eigenvalue weighted by Crippen LogP contribution is 2.49. The number of urea groups is 1. The third-order valence-corrected chi connectivity index (χ3v) is 6.02. The Hall–Kier alpha value is -2.89. The third-order valence-electron chi connectivity index (χ3n) is 6.02. The van der Waals surface area contributed by atoms with Gasteiger partial charge in [0.2, 0.25) is 0 Å². The summed E-state index contributed by atoms with van der Waals surface area (Å²) in [5.74, 6) is -0.722. The standard InChI is InChI=1S/C21H23N3O3/c1-14-18(10-16(11-22-14)15-6-3-2-4-7-15)23-20(27)24-12-17-8-5-9-21(17,13-24)19(25)26/h2-4,6-7,10-11,17H,5,8-9,12-13H2,1H3,(H,23,27)(H,25,26)/t17-,21+/m0/s1. The average Bonchev–Trinajstić information content (AvgIpc) is 3.23. The summed E-state index contributed by atoms with van der Waals surface area (Å²) in [5, 5.41) is 12.6. The van der Waals surface area contributed by atoms with Gasteiger partial charge in [0.1, 0.15) is 0 Å². The monoisotopic (exact) mass is 365 g/mol. The first-order chi connectivity index (χ1) is 13.0. The topological polar surface area (TPSA) is 82.5 Å². The predicted octanol–water partition coefficient (Wildman–Crippen LogP) is 3.78. The number of carboxylic acids is 1. The summed E-state index contributed by atoms with van der Waals surface area (Å²) in [6.07, 6.45) is 4.25. The summed E-state index contributed by atoms with van der Waals surface area (Å²) in [6, 6.07) is 11.5. The first-order valence-electron chi connectivity index (χ1n) is 9.31. The van der Waals surface area contributed by atoms with E-state index >= 15 is 0 Å². The summed E-state index contributed by atoms with van der Waals surface area (Å²) in [4.78, 5) is 30.7. The molecule has 1 aromatic heterocycles. The number of aryl methyl sites for hydroxylation is 1. The van der Waals surface area contributed by atoms with Crippen LogP contribution >= 0.6 is 0 Å². The molecule has 2 amide bonds. The van der Waals surface area contributed by atoms with Crippen molar-refractivity contribution >= 4 is 17.7 Å². The van der Waals surface area contributed by atoms with Gasteiger partial charge in [0, 0.05) is 24.8 Å². The molecule has 2 fully saturated rings. The minimum absolute atomic E-state index is 0.0515. The maximum absolute atomic E-state index is 12.8. The molecule has 0 bridgehead atoms. The number of nitrogens with one attached hydrogen (secondary N) is 1. The van der Waals surface area contributed by atoms with Crippen molar-refractivity contribution in [2.24, 2.45) is 11.3 Å². The number of rotatable bonds is 3. The maximum Gasteiger partial charge on any atom is 0.321 e. The van der Waals surface area contributed by atoms with Crippen molar-refractivity contribution in [2.45, 2.75) is 26.2 Å². The number of aromatic nitrogens is 1. The first-order valence-corrected chi connectivity index (χ1v) is 9.31. The second-order valence-corrected chi connectivity index (χ2v) is 7.58. The number of nitrogens with zero attached hydrogens (tertiary/aromatic N) is 2. The number of carbonyl (C=O) groups is 2. The minimum atomic E-state index is -0.774. The van der Waals surface area contributed by atoms with E-state index in [9.17, 15) is 14.7 Å². The maximum atomic E-state index is 12.8. The van der Waals surface area contributed by atoms with E-state index in [0.717, 1.165) is 29.7 Å². The van der Waals surface area contributed by atoms with Crippen LogP contribution in [0.25, 0.3) is 11.1 Å². The Labute approximate surface area is 158 Å². The first kappa shape index (κ1) is 17.5. The summed E-state index contributed by atoms with van der Waals surface area (Å²) >= 11 is 0. The van der Waals surface area contributed by atoms with E-state index in [1.165, 1.54) is 0 Å². The number of likely N-dealkylation sites (tertiary alicyclic amines) is 1. The van der Waals surface area contributed by atoms with Crippen LogP contribution in [0.15, 0.2) is 42.6 Å². The summed E-state index contributed by atoms with van der Waals surface area (Å²) < 4.78 is 0. The van der Waals surface area contributed by atoms with Gasteiger partial charge in [-0.25, -0.2) is 4.79 Å². The van der Waals surface area contributed by atoms with Crippen LogP contribution in [-0.4, -0.2) is 40.1 Å². The second kappa shape index (κ2) is 6.68. The second-order valence-electron chi connectivity index (χ2n) is 7.58. The SMILES string of the molecule is Cc1ncc(-c2ccccc2)cc1NC(=O)N1C[C@@H]2CCC[C@@]2(C(=O)O)C1. The molecule has 1 saturated heterocycles. The van der Waals surface area contributed by atoms with Crippen molar-refractivity contribution in [3.05, 3.63) is 48.3 Å². The fourth-order valence-corrected chi connectivity index (χ4v) is 4.44. The zero-order valence-electron chi connectivity index (χ0n) is 15.3. The number of anilines is 1. The molecule has 2 atom stereocenters. The molecular formula is C21H23N3O3. The number of hydrogen-bond donors (Lipinski definition) is 2. The summed E-state index contributed by atoms with van der Waals surface area (Å²) in [5.41, 5.74) is 2.58. The van der Waals surface area contributed by atoms with Gasteiger partial charge >= 0.3 is 12.0 Å². The summed E-state index contributed by atoms with van der Waals surface area (Å²) in [7, 11) is 0. The largest absolute Gasteiger partial charge is 0.481 e. The highest BCUT2D eigenvalue weighted by atomic mass is 16.4. The fourth-order valence-electron chi connectivity index (χ4n) is 4.44. The van der Waals surface area contributed by atoms with Gasteiger partial charge in [-0.05, 0) is 37.3 Å². The molecule has 2 N–H and O–H groups in total. The Kier molecular flexibility index (Phi) is 4.34. The summed E-state index contributed by atoms with van der Waals surface area (Å²) in [6.45, 7) is 2.63. The van der Waals surface area contributed by atoms with E-state index in [4.69, 9.17) is 0 Å². The lowest BCUT2D eigenvalue weighted by molar-refractivity contribution is -0.149. The quantitative estimate of drug-likeness (QED) is 0.867. The fraction of sp³-hybridized carbons (Fsp3) is 0.381. The molecule has 6 heteroatoms. The van der Waals surface area contributed by atoms with Gasteiger partial charge < -0.3 is 15.3 Å². The molecule has 1 aliphatic heterocycles. The molecule has 4 rings (SSSR count). The Morgan fingerprint density at radius 2 is 2.04 bits per heavy atom. The number of fused-ring (bicyclic) bond motifs is 1. The van der Waals surface area contributed by atoms with Gasteiger partial charge in [-0.15, -0.1) is 0 Å². The zero-order valence-corrected chi connectivity index (χ0v) is 15.3. The van der Waals surface area contributed by atoms with Crippen LogP contribution < -0.4 is 5.32 Å². The predicted molar refractivity (Wildman–Crippen MR) is 102 cm³/mol. The van der Waals surface area contributed by atoms with Gasteiger partial charge in [0.25, 0.3) is 0 Å². The van der Waals surface area contributed by atoms with Gasteiger partial charge in [-0.3, -0.25) is 9.78 Å². The lowest BCUT2D eigenvalue weighted by Crippen LogP contribution is -2.38. The van der Waals surface area contributed by atoms with Crippen molar-refractivity contribution in [1.29, 1.82) is 0 Å². The normalized spacial score (nSPS) is 23.9. The molecule has 0 radical (unpaired) electrons. The van der Waals surface area contributed by atoms with Crippen LogP contribution in [-0.2, 0) is 4.79 Å². The number of hydrogen-bond acceptors (Lipinski definition) is 3. The van der Waals surface area contributed by atoms with E-state index < -0.39 is 11.4 Å². The minimum Gasteiger partial charge on any atom is -0.481 e. The third kappa shape index (κ3) is 3.05. The molecule has 0 spiro atoms. The van der Waals surface area contributed by atoms with Crippen molar-refractivity contribution in [3.63, 3.8) is 0 Å². The molecule has 1 aromatic carbocycles. The molecule has 2 heterocycles. The number of carboxylic acid groups (broad SMARTS) is 1. The molecular weight excluding hydrogens is 342 g/mol. The van der Waals surface area contributed by atoms with E-state index in [2.05, 4.69) is 10.3 Å². The lowest BCUT2D eigenvalue weighted by Gasteiger charge is -2.23. The zero-order chi connectivity index (χ0) is 19.0. The molecule has 6 nitrogen and oxygen atoms in total. The van der Waals surface area contributed by atoms with Crippen LogP contribution in [0.3, 0.4) is 0 Å². The van der Waals surface area contributed by atoms with Crippen molar-refractivity contribution in [1.82, 2.24) is 9.88 Å². The molecule has 0 unspecified atom stereocenters. The highest BCUT2D eigenvalue weighted by Gasteiger charge is 2.55. The van der Waals surface area contributed by atoms with Crippen LogP contribution in [0.5, 0.6) is 0 Å². The van der Waals surface area contributed by atoms with Crippen LogP contribution in [0.1, 0.15) is 25.0 Å². The van der Waals surface area contributed by atoms with Crippen LogP contribution in [0, 0.1) is 18.3 Å². The van der Waals surface area contributed by atoms with Gasteiger partial charge in [0.15, 0.2) is 0 Å². The van der Waals surface area contributed by atoms with E-state index in [1.807, 2.05) is 43.3 Å². The molecule has 1 aliphatic carbocycles. The molecule has 1 saturated carbocycles. The number of aliphatic carboxylic acids is 1. The average molecular weight is 365 g/mol. The Morgan fingerprint density at radius 1 is 1.26 bits per heavy atom. The Morgan fingerprint density at radius 3 is 2.74 bits per heavy atom. The van der Waals surface area contributed by atoms with Crippen molar-refractivity contribution in [2.75, 3.05) is 18.4 Å². The highest BCUT2D eigenvalue weighted by molar-refractivity contribution is 5.92. The van der Waals surface area contributed by atoms with Gasteiger partial charge in [-0.1, -0.05) is 36.8 Å². The number of amides is 2. The van der Waals surface area contributed by atoms with E-state index in [-0.39, 0.29) is 18.5 Å². The molecule has 2 aliphatic rings. The molecule has 2 aromatic rings. The van der Waals surface area contributed by atoms with Crippen LogP contribution in [0.2, 0.25) is 0 Å². The van der Waals surface area contributed by atoms with Gasteiger partial charge in [0.05, 0.1) is 16.8 Å².